The molecule has 7 nitrogen and oxygen atoms in total. The Morgan fingerprint density at radius 1 is 1.09 bits per heavy atom. The molecule has 1 heterocycles. The van der Waals surface area contributed by atoms with E-state index in [4.69, 9.17) is 16.3 Å². The highest BCUT2D eigenvalue weighted by atomic mass is 35.5. The molecule has 3 amide bonds. The summed E-state index contributed by atoms with van der Waals surface area (Å²) < 4.78 is 19.9. The molecule has 0 fully saturated rings. The molecule has 3 aromatic carbocycles. The number of urea groups is 1. The van der Waals surface area contributed by atoms with Crippen LogP contribution in [-0.2, 0) is 4.79 Å². The van der Waals surface area contributed by atoms with Gasteiger partial charge in [-0.1, -0.05) is 41.9 Å². The highest BCUT2D eigenvalue weighted by molar-refractivity contribution is 6.31. The first-order valence-corrected chi connectivity index (χ1v) is 10.4. The van der Waals surface area contributed by atoms with E-state index in [1.54, 1.807) is 61.6 Å². The molecule has 0 aliphatic carbocycles. The van der Waals surface area contributed by atoms with Crippen molar-refractivity contribution in [1.29, 1.82) is 0 Å². The Kier molecular flexibility index (Phi) is 6.28. The van der Waals surface area contributed by atoms with Crippen LogP contribution in [0.1, 0.15) is 11.1 Å². The summed E-state index contributed by atoms with van der Waals surface area (Å²) in [6, 6.07) is 17.2. The Morgan fingerprint density at radius 3 is 2.52 bits per heavy atom. The summed E-state index contributed by atoms with van der Waals surface area (Å²) in [5.41, 5.74) is 1.91. The molecule has 0 spiro atoms. The van der Waals surface area contributed by atoms with Gasteiger partial charge in [-0.3, -0.25) is 4.79 Å². The van der Waals surface area contributed by atoms with Gasteiger partial charge in [-0.2, -0.15) is 0 Å². The third-order valence-corrected chi connectivity index (χ3v) is 5.38. The second-order valence-electron chi connectivity index (χ2n) is 7.22. The van der Waals surface area contributed by atoms with E-state index in [0.717, 1.165) is 0 Å². The average molecular weight is 467 g/mol. The number of hydrogen-bond acceptors (Lipinski definition) is 4. The summed E-state index contributed by atoms with van der Waals surface area (Å²) in [6.07, 6.45) is -1.30. The second-order valence-corrected chi connectivity index (χ2v) is 7.65. The first-order valence-electron chi connectivity index (χ1n) is 9.99. The van der Waals surface area contributed by atoms with Crippen LogP contribution in [0.4, 0.5) is 20.6 Å². The third-order valence-electron chi connectivity index (χ3n) is 5.15. The summed E-state index contributed by atoms with van der Waals surface area (Å²) >= 11 is 6.02. The number of para-hydroxylation sites is 1. The zero-order valence-corrected chi connectivity index (χ0v) is 18.6. The number of methoxy groups -OCH3 is 1. The number of ether oxygens (including phenoxy) is 1. The number of rotatable bonds is 4. The van der Waals surface area contributed by atoms with Crippen molar-refractivity contribution in [2.45, 2.75) is 6.17 Å². The van der Waals surface area contributed by atoms with Crippen molar-refractivity contribution < 1.29 is 18.7 Å². The summed E-state index contributed by atoms with van der Waals surface area (Å²) in [5.74, 6) is -0.585. The normalized spacial score (nSPS) is 15.3. The molecule has 2 N–H and O–H groups in total. The van der Waals surface area contributed by atoms with Crippen LogP contribution in [-0.4, -0.2) is 38.0 Å². The number of amides is 3. The molecule has 33 heavy (non-hydrogen) atoms. The number of benzene rings is 3. The van der Waals surface area contributed by atoms with Crippen LogP contribution in [0.15, 0.2) is 71.7 Å². The van der Waals surface area contributed by atoms with Gasteiger partial charge < -0.3 is 20.3 Å². The van der Waals surface area contributed by atoms with Crippen molar-refractivity contribution >= 4 is 40.6 Å². The number of likely N-dealkylation sites (N-methyl/N-ethyl adjacent to an activating group) is 1. The molecule has 1 atom stereocenters. The fourth-order valence-electron chi connectivity index (χ4n) is 3.54. The lowest BCUT2D eigenvalue weighted by atomic mass is 10.00. The Balaban J connectivity index is 1.72. The van der Waals surface area contributed by atoms with Gasteiger partial charge in [-0.15, -0.1) is 0 Å². The number of carbonyl (C=O) groups is 2. The van der Waals surface area contributed by atoms with Crippen LogP contribution in [0, 0.1) is 5.82 Å². The molecule has 1 unspecified atom stereocenters. The second kappa shape index (κ2) is 9.30. The number of nitrogens with one attached hydrogen (secondary N) is 2. The number of halogens is 2. The molecule has 3 aromatic rings. The third kappa shape index (κ3) is 4.51. The van der Waals surface area contributed by atoms with Gasteiger partial charge in [-0.05, 0) is 36.4 Å². The summed E-state index contributed by atoms with van der Waals surface area (Å²) in [4.78, 5) is 31.8. The van der Waals surface area contributed by atoms with E-state index < -0.39 is 23.9 Å². The van der Waals surface area contributed by atoms with Crippen LogP contribution >= 0.6 is 11.6 Å². The fraction of sp³-hybridized carbons (Fsp3) is 0.125. The predicted octanol–water partition coefficient (Wildman–Crippen LogP) is 4.45. The van der Waals surface area contributed by atoms with Gasteiger partial charge in [0, 0.05) is 23.2 Å². The van der Waals surface area contributed by atoms with E-state index in [-0.39, 0.29) is 11.3 Å². The predicted molar refractivity (Wildman–Crippen MR) is 126 cm³/mol. The Hall–Kier alpha value is -3.91. The molecule has 9 heteroatoms. The minimum absolute atomic E-state index is 0.219. The van der Waals surface area contributed by atoms with Crippen LogP contribution < -0.4 is 20.3 Å². The van der Waals surface area contributed by atoms with Crippen LogP contribution in [0.3, 0.4) is 0 Å². The molecular weight excluding hydrogens is 447 g/mol. The summed E-state index contributed by atoms with van der Waals surface area (Å²) in [5, 5.41) is 5.58. The molecule has 168 valence electrons. The SMILES string of the molecule is COc1ccc(Cl)cc1NC(=O)NC1N=C(c2ccccc2F)c2ccccc2N(C)C1=O. The number of nitrogens with zero attached hydrogens (tertiary/aromatic N) is 2. The lowest BCUT2D eigenvalue weighted by Gasteiger charge is -2.21. The number of hydrogen-bond donors (Lipinski definition) is 2. The van der Waals surface area contributed by atoms with Crippen molar-refractivity contribution in [3.05, 3.63) is 88.7 Å². The number of carbonyl (C=O) groups excluding carboxylic acids is 2. The van der Waals surface area contributed by atoms with E-state index in [9.17, 15) is 14.0 Å². The Morgan fingerprint density at radius 2 is 1.79 bits per heavy atom. The van der Waals surface area contributed by atoms with Gasteiger partial charge in [0.15, 0.2) is 0 Å². The van der Waals surface area contributed by atoms with E-state index in [0.29, 0.717) is 27.7 Å². The minimum atomic E-state index is -1.30. The van der Waals surface area contributed by atoms with Crippen LogP contribution in [0.25, 0.3) is 0 Å². The van der Waals surface area contributed by atoms with E-state index >= 15 is 0 Å². The maximum absolute atomic E-state index is 14.7. The summed E-state index contributed by atoms with van der Waals surface area (Å²) in [7, 11) is 3.03. The van der Waals surface area contributed by atoms with Gasteiger partial charge >= 0.3 is 6.03 Å². The lowest BCUT2D eigenvalue weighted by molar-refractivity contribution is -0.119. The zero-order chi connectivity index (χ0) is 23.5. The van der Waals surface area contributed by atoms with Crippen molar-refractivity contribution in [3.8, 4) is 5.75 Å². The number of benzodiazepines with no additional fused rings is 1. The van der Waals surface area contributed by atoms with Crippen molar-refractivity contribution in [2.24, 2.45) is 4.99 Å². The minimum Gasteiger partial charge on any atom is -0.495 e. The monoisotopic (exact) mass is 466 g/mol. The lowest BCUT2D eigenvalue weighted by Crippen LogP contribution is -2.47. The molecule has 1 aliphatic rings. The molecule has 0 bridgehead atoms. The maximum Gasteiger partial charge on any atom is 0.321 e. The smallest absolute Gasteiger partial charge is 0.321 e. The fourth-order valence-corrected chi connectivity index (χ4v) is 3.72. The molecule has 0 saturated carbocycles. The zero-order valence-electron chi connectivity index (χ0n) is 17.8. The highest BCUT2D eigenvalue weighted by Crippen LogP contribution is 2.29. The first-order chi connectivity index (χ1) is 15.9. The number of anilines is 2. The summed E-state index contributed by atoms with van der Waals surface area (Å²) in [6.45, 7) is 0. The van der Waals surface area contributed by atoms with E-state index in [1.165, 1.54) is 24.1 Å². The van der Waals surface area contributed by atoms with Gasteiger partial charge in [0.25, 0.3) is 5.91 Å². The Labute approximate surface area is 194 Å². The number of aliphatic imine (C=N–C) groups is 1. The molecule has 1 aliphatic heterocycles. The topological polar surface area (TPSA) is 83.0 Å². The van der Waals surface area contributed by atoms with Crippen LogP contribution in [0.5, 0.6) is 5.75 Å². The van der Waals surface area contributed by atoms with Gasteiger partial charge in [0.1, 0.15) is 11.6 Å². The molecule has 0 radical (unpaired) electrons. The first kappa shape index (κ1) is 22.3. The van der Waals surface area contributed by atoms with Gasteiger partial charge in [0.05, 0.1) is 24.2 Å². The van der Waals surface area contributed by atoms with Crippen molar-refractivity contribution in [1.82, 2.24) is 5.32 Å². The van der Waals surface area contributed by atoms with Crippen LogP contribution in [0.2, 0.25) is 5.02 Å². The average Bonchev–Trinajstić information content (AvgIpc) is 2.90. The number of fused-ring (bicyclic) bond motifs is 1. The molecule has 4 rings (SSSR count). The maximum atomic E-state index is 14.7. The standard InChI is InChI=1S/C24H20ClFN4O3/c1-30-19-10-6-4-8-16(19)21(15-7-3-5-9-17(15)26)28-22(23(30)31)29-24(32)27-18-13-14(25)11-12-20(18)33-2/h3-13,22H,1-2H3,(H2,27,29,32). The van der Waals surface area contributed by atoms with Crippen molar-refractivity contribution in [3.63, 3.8) is 0 Å². The molecule has 0 saturated heterocycles. The van der Waals surface area contributed by atoms with Crippen molar-refractivity contribution in [2.75, 3.05) is 24.4 Å². The highest BCUT2D eigenvalue weighted by Gasteiger charge is 2.31. The quantitative estimate of drug-likeness (QED) is 0.596. The Bertz CT molecular complexity index is 1260. The van der Waals surface area contributed by atoms with Gasteiger partial charge in [-0.25, -0.2) is 14.2 Å². The molecule has 0 aromatic heterocycles. The van der Waals surface area contributed by atoms with Gasteiger partial charge in [0.2, 0.25) is 6.17 Å². The largest absolute Gasteiger partial charge is 0.495 e. The van der Waals surface area contributed by atoms with E-state index in [2.05, 4.69) is 15.6 Å². The van der Waals surface area contributed by atoms with E-state index in [1.807, 2.05) is 0 Å². The molecular formula is C24H20ClFN4O3.